The zero-order valence-corrected chi connectivity index (χ0v) is 8.22. The second-order valence-electron chi connectivity index (χ2n) is 3.65. The van der Waals surface area contributed by atoms with E-state index in [-0.39, 0.29) is 0 Å². The lowest BCUT2D eigenvalue weighted by molar-refractivity contribution is -0.118. The van der Waals surface area contributed by atoms with Crippen LogP contribution in [0.5, 0.6) is 0 Å². The van der Waals surface area contributed by atoms with Crippen molar-refractivity contribution < 1.29 is 4.79 Å². The zero-order chi connectivity index (χ0) is 9.52. The molecule has 72 valence electrons. The minimum atomic E-state index is 0.369. The Balaban J connectivity index is 2.26. The Bertz CT molecular complexity index is 213. The van der Waals surface area contributed by atoms with Gasteiger partial charge in [0.05, 0.1) is 0 Å². The Morgan fingerprint density at radius 1 is 1.54 bits per heavy atom. The maximum absolute atomic E-state index is 11.4. The molecular formula is C12H18O. The smallest absolute Gasteiger partial charge is 0.137 e. The predicted octanol–water partition coefficient (Wildman–Crippen LogP) is 3.41. The highest BCUT2D eigenvalue weighted by Gasteiger charge is 2.07. The molecule has 0 saturated carbocycles. The standard InChI is InChI=1S/C12H18O/c1-2-3-9-12(13)10-11-7-5-4-6-8-11/h2,7H,1,3-6,8-10H2. The average Bonchev–Trinajstić information content (AvgIpc) is 2.16. The van der Waals surface area contributed by atoms with Crippen molar-refractivity contribution >= 4 is 5.78 Å². The van der Waals surface area contributed by atoms with Gasteiger partial charge in [-0.2, -0.15) is 0 Å². The lowest BCUT2D eigenvalue weighted by atomic mass is 9.95. The number of ketones is 1. The molecule has 0 unspecified atom stereocenters. The third kappa shape index (κ3) is 4.07. The second kappa shape index (κ2) is 5.74. The van der Waals surface area contributed by atoms with Crippen molar-refractivity contribution in [2.24, 2.45) is 0 Å². The number of carbonyl (C=O) groups excluding carboxylic acids is 1. The van der Waals surface area contributed by atoms with Crippen LogP contribution in [-0.2, 0) is 4.79 Å². The predicted molar refractivity (Wildman–Crippen MR) is 55.6 cm³/mol. The molecule has 1 aliphatic carbocycles. The summed E-state index contributed by atoms with van der Waals surface area (Å²) >= 11 is 0. The Hall–Kier alpha value is -0.850. The summed E-state index contributed by atoms with van der Waals surface area (Å²) in [5.41, 5.74) is 1.36. The lowest BCUT2D eigenvalue weighted by Gasteiger charge is -2.11. The van der Waals surface area contributed by atoms with E-state index in [1.54, 1.807) is 0 Å². The Kier molecular flexibility index (Phi) is 4.52. The van der Waals surface area contributed by atoms with Gasteiger partial charge in [-0.05, 0) is 32.1 Å². The van der Waals surface area contributed by atoms with Crippen LogP contribution in [0, 0.1) is 0 Å². The van der Waals surface area contributed by atoms with E-state index >= 15 is 0 Å². The van der Waals surface area contributed by atoms with Crippen LogP contribution < -0.4 is 0 Å². The molecule has 0 aromatic heterocycles. The fraction of sp³-hybridized carbons (Fsp3) is 0.583. The molecule has 0 aliphatic heterocycles. The minimum absolute atomic E-state index is 0.369. The molecule has 0 heterocycles. The van der Waals surface area contributed by atoms with Crippen LogP contribution in [-0.4, -0.2) is 5.78 Å². The van der Waals surface area contributed by atoms with Gasteiger partial charge >= 0.3 is 0 Å². The molecule has 0 amide bonds. The number of hydrogen-bond donors (Lipinski definition) is 0. The first kappa shape index (κ1) is 10.2. The first-order chi connectivity index (χ1) is 6.33. The molecule has 1 aliphatic rings. The van der Waals surface area contributed by atoms with Crippen LogP contribution in [0.3, 0.4) is 0 Å². The van der Waals surface area contributed by atoms with Gasteiger partial charge in [0.1, 0.15) is 5.78 Å². The second-order valence-corrected chi connectivity index (χ2v) is 3.65. The Morgan fingerprint density at radius 2 is 2.38 bits per heavy atom. The van der Waals surface area contributed by atoms with E-state index in [2.05, 4.69) is 12.7 Å². The number of allylic oxidation sites excluding steroid dienone is 3. The molecule has 0 spiro atoms. The minimum Gasteiger partial charge on any atom is -0.299 e. The summed E-state index contributed by atoms with van der Waals surface area (Å²) in [6, 6.07) is 0. The van der Waals surface area contributed by atoms with E-state index in [1.165, 1.54) is 24.8 Å². The number of Topliss-reactive ketones (excluding diaryl/α,β-unsaturated/α-hetero) is 1. The molecule has 0 atom stereocenters. The molecule has 0 saturated heterocycles. The van der Waals surface area contributed by atoms with Crippen molar-refractivity contribution in [3.63, 3.8) is 0 Å². The molecule has 1 heteroatoms. The molecule has 0 N–H and O–H groups in total. The van der Waals surface area contributed by atoms with Crippen molar-refractivity contribution in [3.8, 4) is 0 Å². The van der Waals surface area contributed by atoms with Gasteiger partial charge in [-0.25, -0.2) is 0 Å². The third-order valence-corrected chi connectivity index (χ3v) is 2.44. The largest absolute Gasteiger partial charge is 0.299 e. The fourth-order valence-electron chi connectivity index (χ4n) is 1.67. The lowest BCUT2D eigenvalue weighted by Crippen LogP contribution is -2.01. The van der Waals surface area contributed by atoms with E-state index in [4.69, 9.17) is 0 Å². The fourth-order valence-corrected chi connectivity index (χ4v) is 1.67. The molecular weight excluding hydrogens is 160 g/mol. The summed E-state index contributed by atoms with van der Waals surface area (Å²) in [4.78, 5) is 11.4. The van der Waals surface area contributed by atoms with Crippen molar-refractivity contribution in [1.82, 2.24) is 0 Å². The summed E-state index contributed by atoms with van der Waals surface area (Å²) in [6.45, 7) is 3.61. The molecule has 13 heavy (non-hydrogen) atoms. The highest BCUT2D eigenvalue weighted by Crippen LogP contribution is 2.20. The van der Waals surface area contributed by atoms with Gasteiger partial charge in [0, 0.05) is 12.8 Å². The molecule has 0 aromatic carbocycles. The summed E-state index contributed by atoms with van der Waals surface area (Å²) < 4.78 is 0. The molecule has 0 radical (unpaired) electrons. The normalized spacial score (nSPS) is 16.5. The Morgan fingerprint density at radius 3 is 3.00 bits per heavy atom. The van der Waals surface area contributed by atoms with Crippen molar-refractivity contribution in [2.45, 2.75) is 44.9 Å². The van der Waals surface area contributed by atoms with Crippen LogP contribution in [0.4, 0.5) is 0 Å². The number of hydrogen-bond acceptors (Lipinski definition) is 1. The van der Waals surface area contributed by atoms with Crippen molar-refractivity contribution in [1.29, 1.82) is 0 Å². The number of carbonyl (C=O) groups is 1. The SMILES string of the molecule is C=CCCC(=O)CC1=CCCCC1. The Labute approximate surface area is 80.5 Å². The highest BCUT2D eigenvalue weighted by atomic mass is 16.1. The molecule has 0 bridgehead atoms. The van der Waals surface area contributed by atoms with Gasteiger partial charge in [0.2, 0.25) is 0 Å². The van der Waals surface area contributed by atoms with Gasteiger partial charge < -0.3 is 0 Å². The van der Waals surface area contributed by atoms with Crippen LogP contribution in [0.2, 0.25) is 0 Å². The first-order valence-electron chi connectivity index (χ1n) is 5.13. The quantitative estimate of drug-likeness (QED) is 0.589. The summed E-state index contributed by atoms with van der Waals surface area (Å²) in [6.07, 6.45) is 11.1. The number of rotatable bonds is 5. The molecule has 1 nitrogen and oxygen atoms in total. The highest BCUT2D eigenvalue weighted by molar-refractivity contribution is 5.80. The van der Waals surface area contributed by atoms with Crippen LogP contribution in [0.15, 0.2) is 24.3 Å². The monoisotopic (exact) mass is 178 g/mol. The van der Waals surface area contributed by atoms with Gasteiger partial charge in [-0.15, -0.1) is 6.58 Å². The molecule has 1 rings (SSSR count). The van der Waals surface area contributed by atoms with E-state index < -0.39 is 0 Å². The van der Waals surface area contributed by atoms with Gasteiger partial charge in [-0.3, -0.25) is 4.79 Å². The maximum atomic E-state index is 11.4. The van der Waals surface area contributed by atoms with E-state index in [0.717, 1.165) is 12.8 Å². The van der Waals surface area contributed by atoms with Gasteiger partial charge in [0.25, 0.3) is 0 Å². The summed E-state index contributed by atoms with van der Waals surface area (Å²) in [5, 5.41) is 0. The van der Waals surface area contributed by atoms with Crippen LogP contribution >= 0.6 is 0 Å². The van der Waals surface area contributed by atoms with E-state index in [9.17, 15) is 4.79 Å². The average molecular weight is 178 g/mol. The topological polar surface area (TPSA) is 17.1 Å². The van der Waals surface area contributed by atoms with Gasteiger partial charge in [0.15, 0.2) is 0 Å². The maximum Gasteiger partial charge on any atom is 0.137 e. The molecule has 0 fully saturated rings. The van der Waals surface area contributed by atoms with Gasteiger partial charge in [-0.1, -0.05) is 17.7 Å². The first-order valence-corrected chi connectivity index (χ1v) is 5.13. The summed E-state index contributed by atoms with van der Waals surface area (Å²) in [5.74, 6) is 0.369. The third-order valence-electron chi connectivity index (χ3n) is 2.44. The van der Waals surface area contributed by atoms with E-state index in [0.29, 0.717) is 18.6 Å². The molecule has 0 aromatic rings. The van der Waals surface area contributed by atoms with Crippen LogP contribution in [0.1, 0.15) is 44.9 Å². The zero-order valence-electron chi connectivity index (χ0n) is 8.22. The van der Waals surface area contributed by atoms with Crippen molar-refractivity contribution in [3.05, 3.63) is 24.3 Å². The summed E-state index contributed by atoms with van der Waals surface area (Å²) in [7, 11) is 0. The van der Waals surface area contributed by atoms with Crippen LogP contribution in [0.25, 0.3) is 0 Å². The van der Waals surface area contributed by atoms with E-state index in [1.807, 2.05) is 6.08 Å². The van der Waals surface area contributed by atoms with Crippen molar-refractivity contribution in [2.75, 3.05) is 0 Å².